The molecule has 1 unspecified atom stereocenters. The first-order valence-electron chi connectivity index (χ1n) is 8.07. The zero-order valence-electron chi connectivity index (χ0n) is 14.2. The van der Waals surface area contributed by atoms with Crippen LogP contribution < -0.4 is 4.90 Å². The first-order valence-corrected chi connectivity index (χ1v) is 8.82. The van der Waals surface area contributed by atoms with E-state index in [4.69, 9.17) is 23.2 Å². The Balaban J connectivity index is 2.03. The van der Waals surface area contributed by atoms with E-state index in [0.29, 0.717) is 11.3 Å². The van der Waals surface area contributed by atoms with Gasteiger partial charge >= 0.3 is 6.18 Å². The molecule has 1 aliphatic heterocycles. The lowest BCUT2D eigenvalue weighted by Crippen LogP contribution is -2.44. The summed E-state index contributed by atoms with van der Waals surface area (Å²) in [7, 11) is 0. The summed E-state index contributed by atoms with van der Waals surface area (Å²) in [6, 6.07) is 8.39. The van der Waals surface area contributed by atoms with Crippen molar-refractivity contribution in [3.63, 3.8) is 0 Å². The molecule has 0 saturated carbocycles. The van der Waals surface area contributed by atoms with Crippen LogP contribution in [0.1, 0.15) is 17.5 Å². The van der Waals surface area contributed by atoms with Crippen LogP contribution in [0.2, 0.25) is 10.0 Å². The Morgan fingerprint density at radius 3 is 2.33 bits per heavy atom. The molecule has 2 aromatic rings. The number of alkyl halides is 3. The molecule has 2 aromatic carbocycles. The molecular weight excluding hydrogens is 404 g/mol. The maximum atomic E-state index is 14.1. The fourth-order valence-electron chi connectivity index (χ4n) is 3.48. The van der Waals surface area contributed by atoms with Crippen LogP contribution in [-0.4, -0.2) is 24.2 Å². The molecule has 1 heterocycles. The number of halogens is 5. The fourth-order valence-corrected chi connectivity index (χ4v) is 4.01. The molecule has 0 spiro atoms. The molecule has 1 fully saturated rings. The molecule has 1 aliphatic rings. The van der Waals surface area contributed by atoms with Crippen molar-refractivity contribution >= 4 is 34.6 Å². The smallest absolute Gasteiger partial charge is 0.370 e. The van der Waals surface area contributed by atoms with Crippen LogP contribution >= 0.6 is 23.2 Å². The van der Waals surface area contributed by atoms with E-state index in [1.165, 1.54) is 35.2 Å². The normalized spacial score (nSPS) is 20.1. The number of aryl methyl sites for hydroxylation is 1. The van der Waals surface area contributed by atoms with Gasteiger partial charge in [0, 0.05) is 40.5 Å². The van der Waals surface area contributed by atoms with Crippen LogP contribution in [-0.2, 0) is 5.41 Å². The minimum absolute atomic E-state index is 0.00314. The maximum absolute atomic E-state index is 14.1. The maximum Gasteiger partial charge on any atom is 0.400 e. The van der Waals surface area contributed by atoms with Crippen molar-refractivity contribution in [1.82, 2.24) is 0 Å². The Kier molecular flexibility index (Phi) is 5.03. The van der Waals surface area contributed by atoms with E-state index in [2.05, 4.69) is 0 Å². The van der Waals surface area contributed by atoms with Gasteiger partial charge in [-0.15, -0.1) is 0 Å². The zero-order chi connectivity index (χ0) is 20.0. The lowest BCUT2D eigenvalue weighted by molar-refractivity contribution is -0.385. The van der Waals surface area contributed by atoms with E-state index >= 15 is 0 Å². The summed E-state index contributed by atoms with van der Waals surface area (Å²) in [5.41, 5.74) is -1.45. The van der Waals surface area contributed by atoms with Gasteiger partial charge in [0.2, 0.25) is 0 Å². The molecule has 0 amide bonds. The van der Waals surface area contributed by atoms with Crippen molar-refractivity contribution in [1.29, 1.82) is 0 Å². The Morgan fingerprint density at radius 2 is 1.78 bits per heavy atom. The molecule has 9 heteroatoms. The Hall–Kier alpha value is -1.99. The molecule has 144 valence electrons. The monoisotopic (exact) mass is 418 g/mol. The summed E-state index contributed by atoms with van der Waals surface area (Å²) < 4.78 is 42.3. The van der Waals surface area contributed by atoms with Gasteiger partial charge in [-0.2, -0.15) is 13.2 Å². The van der Waals surface area contributed by atoms with Crippen LogP contribution in [0.15, 0.2) is 36.4 Å². The standard InChI is InChI=1S/C18H15Cl2F3N2O2/c1-11-2-3-15(9-16(11)25(26)27)24-5-4-17(10-24,18(21,22)23)12-6-13(19)8-14(20)7-12/h2-3,6-9H,4-5,10H2,1H3. The lowest BCUT2D eigenvalue weighted by atomic mass is 9.79. The van der Waals surface area contributed by atoms with Gasteiger partial charge in [0.05, 0.1) is 4.92 Å². The minimum atomic E-state index is -4.54. The number of benzene rings is 2. The van der Waals surface area contributed by atoms with Crippen LogP contribution in [0, 0.1) is 17.0 Å². The van der Waals surface area contributed by atoms with Gasteiger partial charge in [0.15, 0.2) is 0 Å². The summed E-state index contributed by atoms with van der Waals surface area (Å²) in [4.78, 5) is 12.1. The molecule has 27 heavy (non-hydrogen) atoms. The first kappa shape index (κ1) is 19.8. The highest BCUT2D eigenvalue weighted by Gasteiger charge is 2.59. The van der Waals surface area contributed by atoms with Crippen LogP contribution in [0.3, 0.4) is 0 Å². The molecule has 0 aromatic heterocycles. The molecule has 0 N–H and O–H groups in total. The van der Waals surface area contributed by atoms with Gasteiger partial charge in [-0.1, -0.05) is 29.3 Å². The third kappa shape index (κ3) is 3.58. The fraction of sp³-hybridized carbons (Fsp3) is 0.333. The van der Waals surface area contributed by atoms with E-state index < -0.39 is 16.5 Å². The largest absolute Gasteiger partial charge is 0.400 e. The highest BCUT2D eigenvalue weighted by molar-refractivity contribution is 6.34. The van der Waals surface area contributed by atoms with Crippen LogP contribution in [0.5, 0.6) is 0 Å². The minimum Gasteiger partial charge on any atom is -0.370 e. The van der Waals surface area contributed by atoms with Gasteiger partial charge in [-0.3, -0.25) is 10.1 Å². The van der Waals surface area contributed by atoms with Crippen molar-refractivity contribution in [3.05, 3.63) is 67.7 Å². The highest BCUT2D eigenvalue weighted by atomic mass is 35.5. The molecule has 1 saturated heterocycles. The molecule has 1 atom stereocenters. The number of hydrogen-bond acceptors (Lipinski definition) is 3. The van der Waals surface area contributed by atoms with E-state index in [9.17, 15) is 23.3 Å². The number of rotatable bonds is 3. The third-order valence-electron chi connectivity index (χ3n) is 4.98. The summed E-state index contributed by atoms with van der Waals surface area (Å²) in [5.74, 6) is 0. The molecule has 3 rings (SSSR count). The van der Waals surface area contributed by atoms with Gasteiger partial charge in [0.1, 0.15) is 5.41 Å². The lowest BCUT2D eigenvalue weighted by Gasteiger charge is -2.33. The van der Waals surface area contributed by atoms with Crippen molar-refractivity contribution in [3.8, 4) is 0 Å². The van der Waals surface area contributed by atoms with E-state index in [-0.39, 0.29) is 40.8 Å². The van der Waals surface area contributed by atoms with Crippen molar-refractivity contribution in [2.24, 2.45) is 0 Å². The van der Waals surface area contributed by atoms with Crippen molar-refractivity contribution < 1.29 is 18.1 Å². The summed E-state index contributed by atoms with van der Waals surface area (Å²) in [6.45, 7) is 1.32. The van der Waals surface area contributed by atoms with Gasteiger partial charge in [-0.05, 0) is 43.2 Å². The molecule has 4 nitrogen and oxygen atoms in total. The predicted octanol–water partition coefficient (Wildman–Crippen LogP) is 5.92. The van der Waals surface area contributed by atoms with Crippen LogP contribution in [0.4, 0.5) is 24.5 Å². The Morgan fingerprint density at radius 1 is 1.15 bits per heavy atom. The molecule has 0 bridgehead atoms. The average Bonchev–Trinajstić information content (AvgIpc) is 3.00. The highest BCUT2D eigenvalue weighted by Crippen LogP contribution is 2.49. The molecule has 0 radical (unpaired) electrons. The number of hydrogen-bond donors (Lipinski definition) is 0. The topological polar surface area (TPSA) is 46.4 Å². The van der Waals surface area contributed by atoms with Crippen LogP contribution in [0.25, 0.3) is 0 Å². The number of nitro groups is 1. The Bertz CT molecular complexity index is 884. The second kappa shape index (κ2) is 6.87. The second-order valence-electron chi connectivity index (χ2n) is 6.64. The average molecular weight is 419 g/mol. The number of nitro benzene ring substituents is 1. The Labute approximate surface area is 163 Å². The van der Waals surface area contributed by atoms with E-state index in [1.54, 1.807) is 13.0 Å². The molecular formula is C18H15Cl2F3N2O2. The first-order chi connectivity index (χ1) is 12.5. The summed E-state index contributed by atoms with van der Waals surface area (Å²) >= 11 is 11.9. The SMILES string of the molecule is Cc1ccc(N2CCC(c3cc(Cl)cc(Cl)c3)(C(F)(F)F)C2)cc1[N+](=O)[O-]. The van der Waals surface area contributed by atoms with E-state index in [1.807, 2.05) is 0 Å². The van der Waals surface area contributed by atoms with Crippen molar-refractivity contribution in [2.45, 2.75) is 24.9 Å². The summed E-state index contributed by atoms with van der Waals surface area (Å²) in [6.07, 6.45) is -4.73. The quantitative estimate of drug-likeness (QED) is 0.458. The van der Waals surface area contributed by atoms with Gasteiger partial charge in [-0.25, -0.2) is 0 Å². The second-order valence-corrected chi connectivity index (χ2v) is 7.51. The predicted molar refractivity (Wildman–Crippen MR) is 98.9 cm³/mol. The van der Waals surface area contributed by atoms with Gasteiger partial charge < -0.3 is 4.90 Å². The summed E-state index contributed by atoms with van der Waals surface area (Å²) in [5, 5.41) is 11.4. The van der Waals surface area contributed by atoms with Gasteiger partial charge in [0.25, 0.3) is 5.69 Å². The zero-order valence-corrected chi connectivity index (χ0v) is 15.7. The van der Waals surface area contributed by atoms with E-state index in [0.717, 1.165) is 0 Å². The number of nitrogens with zero attached hydrogens (tertiary/aromatic N) is 2. The third-order valence-corrected chi connectivity index (χ3v) is 5.42. The number of anilines is 1. The molecule has 0 aliphatic carbocycles. The van der Waals surface area contributed by atoms with Crippen molar-refractivity contribution in [2.75, 3.05) is 18.0 Å².